The normalized spacial score (nSPS) is 11.9. The molecule has 11 heteroatoms. The fourth-order valence-corrected chi connectivity index (χ4v) is 6.63. The number of rotatable bonds is 14. The van der Waals surface area contributed by atoms with Crippen molar-refractivity contribution in [1.29, 1.82) is 0 Å². The molecule has 2 amide bonds. The van der Waals surface area contributed by atoms with Gasteiger partial charge in [0.05, 0.1) is 24.8 Å². The Hall–Kier alpha value is -4.35. The Morgan fingerprint density at radius 1 is 0.804 bits per heavy atom. The van der Waals surface area contributed by atoms with Gasteiger partial charge in [0, 0.05) is 23.5 Å². The van der Waals surface area contributed by atoms with Crippen molar-refractivity contribution < 1.29 is 27.5 Å². The maximum atomic E-state index is 14.6. The number of halogens is 1. The number of para-hydroxylation sites is 2. The zero-order valence-electron chi connectivity index (χ0n) is 26.2. The Balaban J connectivity index is 1.83. The number of nitrogens with zero attached hydrogens (tertiary/aromatic N) is 2. The van der Waals surface area contributed by atoms with Crippen molar-refractivity contribution in [2.24, 2.45) is 0 Å². The minimum Gasteiger partial charge on any atom is -0.497 e. The molecule has 242 valence electrons. The van der Waals surface area contributed by atoms with E-state index in [1.807, 2.05) is 68.4 Å². The van der Waals surface area contributed by atoms with Crippen molar-refractivity contribution in [3.8, 4) is 11.5 Å². The number of hydrogen-bond acceptors (Lipinski definition) is 6. The summed E-state index contributed by atoms with van der Waals surface area (Å²) in [6.45, 7) is 3.18. The molecule has 9 nitrogen and oxygen atoms in total. The van der Waals surface area contributed by atoms with Gasteiger partial charge in [0.15, 0.2) is 0 Å². The Labute approximate surface area is 279 Å². The largest absolute Gasteiger partial charge is 0.497 e. The average Bonchev–Trinajstić information content (AvgIpc) is 3.06. The van der Waals surface area contributed by atoms with E-state index in [0.717, 1.165) is 19.9 Å². The van der Waals surface area contributed by atoms with Crippen LogP contribution in [0.15, 0.2) is 112 Å². The molecule has 0 aliphatic carbocycles. The Morgan fingerprint density at radius 2 is 1.43 bits per heavy atom. The minimum atomic E-state index is -4.30. The molecule has 4 aromatic carbocycles. The number of anilines is 1. The van der Waals surface area contributed by atoms with Gasteiger partial charge >= 0.3 is 0 Å². The van der Waals surface area contributed by atoms with Crippen molar-refractivity contribution in [3.05, 3.63) is 119 Å². The van der Waals surface area contributed by atoms with Crippen molar-refractivity contribution in [3.63, 3.8) is 0 Å². The van der Waals surface area contributed by atoms with E-state index in [0.29, 0.717) is 5.75 Å². The third-order valence-corrected chi connectivity index (χ3v) is 9.55. The predicted molar refractivity (Wildman–Crippen MR) is 182 cm³/mol. The third-order valence-electron chi connectivity index (χ3n) is 7.25. The van der Waals surface area contributed by atoms with Crippen molar-refractivity contribution in [2.45, 2.75) is 43.8 Å². The molecular formula is C35H38BrN3O6S. The number of nitrogens with one attached hydrogen (secondary N) is 1. The molecule has 0 unspecified atom stereocenters. The zero-order chi connectivity index (χ0) is 33.3. The van der Waals surface area contributed by atoms with Gasteiger partial charge in [-0.2, -0.15) is 0 Å². The summed E-state index contributed by atoms with van der Waals surface area (Å²) in [7, 11) is -1.37. The summed E-state index contributed by atoms with van der Waals surface area (Å²) in [5.41, 5.74) is 1.81. The first-order valence-electron chi connectivity index (χ1n) is 14.7. The molecule has 46 heavy (non-hydrogen) atoms. The second-order valence-electron chi connectivity index (χ2n) is 10.9. The van der Waals surface area contributed by atoms with Gasteiger partial charge < -0.3 is 19.7 Å². The van der Waals surface area contributed by atoms with Crippen LogP contribution in [-0.4, -0.2) is 58.0 Å². The molecule has 1 atom stereocenters. The van der Waals surface area contributed by atoms with E-state index in [-0.39, 0.29) is 41.2 Å². The molecular weight excluding hydrogens is 670 g/mol. The van der Waals surface area contributed by atoms with Gasteiger partial charge in [-0.25, -0.2) is 8.42 Å². The van der Waals surface area contributed by atoms with Crippen LogP contribution in [0.1, 0.15) is 25.0 Å². The van der Waals surface area contributed by atoms with Crippen LogP contribution in [0.4, 0.5) is 5.69 Å². The van der Waals surface area contributed by atoms with Crippen LogP contribution in [-0.2, 0) is 32.6 Å². The fraction of sp³-hybridized carbons (Fsp3) is 0.257. The Morgan fingerprint density at radius 3 is 2.04 bits per heavy atom. The Bertz CT molecular complexity index is 1720. The lowest BCUT2D eigenvalue weighted by Crippen LogP contribution is -2.54. The quantitative estimate of drug-likeness (QED) is 0.177. The number of benzene rings is 4. The van der Waals surface area contributed by atoms with Crippen LogP contribution in [0, 0.1) is 0 Å². The van der Waals surface area contributed by atoms with E-state index < -0.39 is 28.5 Å². The van der Waals surface area contributed by atoms with E-state index >= 15 is 0 Å². The summed E-state index contributed by atoms with van der Waals surface area (Å²) in [5, 5.41) is 2.96. The maximum absolute atomic E-state index is 14.6. The number of amides is 2. The highest BCUT2D eigenvalue weighted by molar-refractivity contribution is 9.10. The van der Waals surface area contributed by atoms with Crippen LogP contribution in [0.5, 0.6) is 11.5 Å². The summed E-state index contributed by atoms with van der Waals surface area (Å²) in [6.07, 6.45) is 0.224. The van der Waals surface area contributed by atoms with Gasteiger partial charge in [0.2, 0.25) is 11.8 Å². The van der Waals surface area contributed by atoms with Crippen LogP contribution >= 0.6 is 15.9 Å². The smallest absolute Gasteiger partial charge is 0.264 e. The van der Waals surface area contributed by atoms with E-state index in [4.69, 9.17) is 9.47 Å². The molecule has 0 heterocycles. The van der Waals surface area contributed by atoms with Gasteiger partial charge in [-0.3, -0.25) is 13.9 Å². The lowest BCUT2D eigenvalue weighted by molar-refractivity contribution is -0.140. The first-order chi connectivity index (χ1) is 22.0. The molecule has 1 N–H and O–H groups in total. The number of carbonyl (C=O) groups is 2. The molecule has 0 aromatic heterocycles. The fourth-order valence-electron chi connectivity index (χ4n) is 4.95. The number of carbonyl (C=O) groups excluding carboxylic acids is 2. The highest BCUT2D eigenvalue weighted by Gasteiger charge is 2.35. The molecule has 0 saturated carbocycles. The molecule has 0 spiro atoms. The summed E-state index contributed by atoms with van der Waals surface area (Å²) in [5.74, 6) is -0.151. The summed E-state index contributed by atoms with van der Waals surface area (Å²) in [6, 6.07) is 28.3. The molecule has 0 fully saturated rings. The molecule has 4 aromatic rings. The Kier molecular flexibility index (Phi) is 11.8. The van der Waals surface area contributed by atoms with E-state index in [2.05, 4.69) is 21.2 Å². The predicted octanol–water partition coefficient (Wildman–Crippen LogP) is 5.83. The van der Waals surface area contributed by atoms with Gasteiger partial charge in [-0.15, -0.1) is 0 Å². The van der Waals surface area contributed by atoms with Crippen LogP contribution in [0.25, 0.3) is 0 Å². The lowest BCUT2D eigenvalue weighted by atomic mass is 10.0. The van der Waals surface area contributed by atoms with Gasteiger partial charge in [0.25, 0.3) is 10.0 Å². The number of hydrogen-bond donors (Lipinski definition) is 1. The molecule has 4 rings (SSSR count). The minimum absolute atomic E-state index is 0.0372. The maximum Gasteiger partial charge on any atom is 0.264 e. The third kappa shape index (κ3) is 8.67. The summed E-state index contributed by atoms with van der Waals surface area (Å²) in [4.78, 5) is 29.8. The monoisotopic (exact) mass is 707 g/mol. The van der Waals surface area contributed by atoms with Crippen LogP contribution in [0.3, 0.4) is 0 Å². The highest BCUT2D eigenvalue weighted by atomic mass is 79.9. The molecule has 0 radical (unpaired) electrons. The molecule has 0 bridgehead atoms. The van der Waals surface area contributed by atoms with Crippen molar-refractivity contribution in [2.75, 3.05) is 25.1 Å². The number of sulfonamides is 1. The van der Waals surface area contributed by atoms with Gasteiger partial charge in [0.1, 0.15) is 24.1 Å². The highest BCUT2D eigenvalue weighted by Crippen LogP contribution is 2.33. The van der Waals surface area contributed by atoms with Crippen molar-refractivity contribution in [1.82, 2.24) is 10.2 Å². The standard InChI is InChI=1S/C35H38BrN3O6S/c1-25(2)37-35(41)32(22-26-10-6-5-7-11-26)38(23-27-14-16-28(36)17-15-27)34(40)24-39(31-12-8-9-13-33(31)45-4)46(42,43)30-20-18-29(44-3)19-21-30/h5-21,25,32H,22-24H2,1-4H3,(H,37,41)/t32-/m0/s1. The number of methoxy groups -OCH3 is 2. The second kappa shape index (κ2) is 15.8. The average molecular weight is 709 g/mol. The van der Waals surface area contributed by atoms with Gasteiger partial charge in [-0.1, -0.05) is 70.5 Å². The number of ether oxygens (including phenoxy) is 2. The lowest BCUT2D eigenvalue weighted by Gasteiger charge is -2.34. The first-order valence-corrected chi connectivity index (χ1v) is 16.9. The molecule has 0 saturated heterocycles. The van der Waals surface area contributed by atoms with Crippen LogP contribution < -0.4 is 19.1 Å². The molecule has 0 aliphatic heterocycles. The molecule has 0 aliphatic rings. The van der Waals surface area contributed by atoms with E-state index in [9.17, 15) is 18.0 Å². The summed E-state index contributed by atoms with van der Waals surface area (Å²) < 4.78 is 41.2. The SMILES string of the molecule is COc1ccc(S(=O)(=O)N(CC(=O)N(Cc2ccc(Br)cc2)[C@@H](Cc2ccccc2)C(=O)NC(C)C)c2ccccc2OC)cc1. The zero-order valence-corrected chi connectivity index (χ0v) is 28.6. The van der Waals surface area contributed by atoms with Gasteiger partial charge in [-0.05, 0) is 73.5 Å². The van der Waals surface area contributed by atoms with E-state index in [1.54, 1.807) is 36.4 Å². The summed E-state index contributed by atoms with van der Waals surface area (Å²) >= 11 is 3.45. The first kappa shape index (κ1) is 34.5. The van der Waals surface area contributed by atoms with Crippen molar-refractivity contribution >= 4 is 43.5 Å². The second-order valence-corrected chi connectivity index (χ2v) is 13.7. The van der Waals surface area contributed by atoms with Crippen LogP contribution in [0.2, 0.25) is 0 Å². The van der Waals surface area contributed by atoms with E-state index in [1.165, 1.54) is 31.3 Å². The topological polar surface area (TPSA) is 105 Å².